The average molecular weight is 289 g/mol. The van der Waals surface area contributed by atoms with Crippen LogP contribution in [0.15, 0.2) is 24.3 Å². The number of rotatable bonds is 9. The molecule has 0 aliphatic rings. The highest BCUT2D eigenvalue weighted by atomic mass is 16.5. The maximum Gasteiger partial charge on any atom is 0.148 e. The highest BCUT2D eigenvalue weighted by molar-refractivity contribution is 5.76. The average Bonchev–Trinajstić information content (AvgIpc) is 2.50. The van der Waals surface area contributed by atoms with E-state index in [0.717, 1.165) is 48.5 Å². The Morgan fingerprint density at radius 2 is 1.76 bits per heavy atom. The lowest BCUT2D eigenvalue weighted by atomic mass is 10.3. The van der Waals surface area contributed by atoms with Gasteiger partial charge >= 0.3 is 0 Å². The Balaban J connectivity index is 1.74. The molecule has 0 amide bonds. The molecule has 0 fully saturated rings. The third-order valence-electron chi connectivity index (χ3n) is 3.18. The van der Waals surface area contributed by atoms with E-state index in [1.807, 2.05) is 31.2 Å². The summed E-state index contributed by atoms with van der Waals surface area (Å²) in [7, 11) is 1.68. The standard InChI is InChI=1S/C16H23N3O2/c1-13-16(17-9-5-6-10-21-12-11-20-2)19-15-8-4-3-7-14(15)18-13/h3-4,7-8H,5-6,9-12H2,1-2H3,(H,17,19). The molecule has 114 valence electrons. The third-order valence-corrected chi connectivity index (χ3v) is 3.18. The van der Waals surface area contributed by atoms with E-state index in [-0.39, 0.29) is 0 Å². The number of anilines is 1. The van der Waals surface area contributed by atoms with Crippen LogP contribution < -0.4 is 5.32 Å². The minimum absolute atomic E-state index is 0.657. The monoisotopic (exact) mass is 289 g/mol. The van der Waals surface area contributed by atoms with Crippen molar-refractivity contribution in [1.29, 1.82) is 0 Å². The Labute approximate surface area is 125 Å². The Kier molecular flexibility index (Phi) is 6.37. The van der Waals surface area contributed by atoms with Crippen molar-refractivity contribution in [3.8, 4) is 0 Å². The van der Waals surface area contributed by atoms with Gasteiger partial charge in [-0.25, -0.2) is 9.97 Å². The molecule has 0 bridgehead atoms. The first-order chi connectivity index (χ1) is 10.3. The van der Waals surface area contributed by atoms with E-state index in [2.05, 4.69) is 15.3 Å². The Hall–Kier alpha value is -1.72. The van der Waals surface area contributed by atoms with E-state index in [1.165, 1.54) is 0 Å². The second-order valence-corrected chi connectivity index (χ2v) is 4.89. The first-order valence-corrected chi connectivity index (χ1v) is 7.35. The molecular formula is C16H23N3O2. The summed E-state index contributed by atoms with van der Waals surface area (Å²) >= 11 is 0. The van der Waals surface area contributed by atoms with Crippen LogP contribution in [-0.4, -0.2) is 43.4 Å². The predicted octanol–water partition coefficient (Wildman–Crippen LogP) is 2.79. The number of aryl methyl sites for hydroxylation is 1. The van der Waals surface area contributed by atoms with Crippen molar-refractivity contribution in [2.24, 2.45) is 0 Å². The maximum absolute atomic E-state index is 5.43. The van der Waals surface area contributed by atoms with Gasteiger partial charge in [0.2, 0.25) is 0 Å². The summed E-state index contributed by atoms with van der Waals surface area (Å²) in [4.78, 5) is 9.17. The summed E-state index contributed by atoms with van der Waals surface area (Å²) < 4.78 is 10.4. The zero-order valence-electron chi connectivity index (χ0n) is 12.8. The first kappa shape index (κ1) is 15.7. The minimum atomic E-state index is 0.657. The Morgan fingerprint density at radius 3 is 2.52 bits per heavy atom. The summed E-state index contributed by atoms with van der Waals surface area (Å²) in [5.74, 6) is 0.869. The highest BCUT2D eigenvalue weighted by Crippen LogP contribution is 2.15. The van der Waals surface area contributed by atoms with Gasteiger partial charge in [-0.05, 0) is 31.9 Å². The molecule has 1 aromatic carbocycles. The van der Waals surface area contributed by atoms with Crippen molar-refractivity contribution < 1.29 is 9.47 Å². The van der Waals surface area contributed by atoms with Gasteiger partial charge in [-0.1, -0.05) is 12.1 Å². The first-order valence-electron chi connectivity index (χ1n) is 7.35. The molecular weight excluding hydrogens is 266 g/mol. The van der Waals surface area contributed by atoms with E-state index in [1.54, 1.807) is 7.11 Å². The molecule has 0 aliphatic heterocycles. The van der Waals surface area contributed by atoms with Gasteiger partial charge in [-0.3, -0.25) is 0 Å². The number of benzene rings is 1. The number of aromatic nitrogens is 2. The van der Waals surface area contributed by atoms with Crippen molar-refractivity contribution >= 4 is 16.9 Å². The fourth-order valence-corrected chi connectivity index (χ4v) is 2.04. The molecule has 0 aliphatic carbocycles. The highest BCUT2D eigenvalue weighted by Gasteiger charge is 2.03. The van der Waals surface area contributed by atoms with Crippen LogP contribution in [0.1, 0.15) is 18.5 Å². The number of methoxy groups -OCH3 is 1. The van der Waals surface area contributed by atoms with Crippen LogP contribution in [0.4, 0.5) is 5.82 Å². The fraction of sp³-hybridized carbons (Fsp3) is 0.500. The number of para-hydroxylation sites is 2. The van der Waals surface area contributed by atoms with Gasteiger partial charge in [0.25, 0.3) is 0 Å². The topological polar surface area (TPSA) is 56.3 Å². The van der Waals surface area contributed by atoms with Gasteiger partial charge in [0.05, 0.1) is 29.9 Å². The van der Waals surface area contributed by atoms with Crippen molar-refractivity contribution in [3.63, 3.8) is 0 Å². The van der Waals surface area contributed by atoms with E-state index in [0.29, 0.717) is 13.2 Å². The summed E-state index contributed by atoms with van der Waals surface area (Å²) in [5, 5.41) is 3.35. The van der Waals surface area contributed by atoms with Crippen LogP contribution in [-0.2, 0) is 9.47 Å². The van der Waals surface area contributed by atoms with Crippen LogP contribution >= 0.6 is 0 Å². The molecule has 2 rings (SSSR count). The summed E-state index contributed by atoms with van der Waals surface area (Å²) in [6, 6.07) is 7.92. The molecule has 0 unspecified atom stereocenters. The quantitative estimate of drug-likeness (QED) is 0.719. The molecule has 1 N–H and O–H groups in total. The van der Waals surface area contributed by atoms with Gasteiger partial charge in [0, 0.05) is 20.3 Å². The lowest BCUT2D eigenvalue weighted by Crippen LogP contribution is -2.08. The molecule has 0 spiro atoms. The molecule has 0 atom stereocenters. The van der Waals surface area contributed by atoms with Crippen LogP contribution in [0.5, 0.6) is 0 Å². The van der Waals surface area contributed by atoms with E-state index in [9.17, 15) is 0 Å². The zero-order chi connectivity index (χ0) is 14.9. The molecule has 5 heteroatoms. The number of fused-ring (bicyclic) bond motifs is 1. The number of nitrogens with zero attached hydrogens (tertiary/aromatic N) is 2. The van der Waals surface area contributed by atoms with E-state index < -0.39 is 0 Å². The smallest absolute Gasteiger partial charge is 0.148 e. The summed E-state index contributed by atoms with van der Waals surface area (Å²) in [5.41, 5.74) is 2.80. The molecule has 1 heterocycles. The second kappa shape index (κ2) is 8.54. The number of hydrogen-bond acceptors (Lipinski definition) is 5. The van der Waals surface area contributed by atoms with Gasteiger partial charge in [-0.2, -0.15) is 0 Å². The predicted molar refractivity (Wildman–Crippen MR) is 84.7 cm³/mol. The molecule has 0 saturated carbocycles. The van der Waals surface area contributed by atoms with Crippen molar-refractivity contribution in [2.75, 3.05) is 38.8 Å². The van der Waals surface area contributed by atoms with E-state index >= 15 is 0 Å². The lowest BCUT2D eigenvalue weighted by molar-refractivity contribution is 0.0691. The number of nitrogens with one attached hydrogen (secondary N) is 1. The molecule has 0 radical (unpaired) electrons. The fourth-order valence-electron chi connectivity index (χ4n) is 2.04. The summed E-state index contributed by atoms with van der Waals surface area (Å²) in [6.07, 6.45) is 2.07. The summed E-state index contributed by atoms with van der Waals surface area (Å²) in [6.45, 7) is 4.95. The Bertz CT molecular complexity index is 560. The molecule has 0 saturated heterocycles. The zero-order valence-corrected chi connectivity index (χ0v) is 12.8. The van der Waals surface area contributed by atoms with Gasteiger partial charge in [0.15, 0.2) is 0 Å². The maximum atomic E-state index is 5.43. The van der Waals surface area contributed by atoms with Crippen LogP contribution in [0.25, 0.3) is 11.0 Å². The SMILES string of the molecule is COCCOCCCCNc1nc2ccccc2nc1C. The molecule has 1 aromatic heterocycles. The second-order valence-electron chi connectivity index (χ2n) is 4.89. The minimum Gasteiger partial charge on any atom is -0.382 e. The van der Waals surface area contributed by atoms with Crippen molar-refractivity contribution in [3.05, 3.63) is 30.0 Å². The van der Waals surface area contributed by atoms with Crippen molar-refractivity contribution in [1.82, 2.24) is 9.97 Å². The normalized spacial score (nSPS) is 11.0. The molecule has 21 heavy (non-hydrogen) atoms. The van der Waals surface area contributed by atoms with Gasteiger partial charge in [0.1, 0.15) is 5.82 Å². The molecule has 2 aromatic rings. The van der Waals surface area contributed by atoms with Crippen LogP contribution in [0, 0.1) is 6.92 Å². The molecule has 5 nitrogen and oxygen atoms in total. The van der Waals surface area contributed by atoms with Crippen molar-refractivity contribution in [2.45, 2.75) is 19.8 Å². The number of ether oxygens (including phenoxy) is 2. The van der Waals surface area contributed by atoms with Gasteiger partial charge in [-0.15, -0.1) is 0 Å². The third kappa shape index (κ3) is 4.95. The van der Waals surface area contributed by atoms with Gasteiger partial charge < -0.3 is 14.8 Å². The number of unbranched alkanes of at least 4 members (excludes halogenated alkanes) is 1. The van der Waals surface area contributed by atoms with E-state index in [4.69, 9.17) is 9.47 Å². The Morgan fingerprint density at radius 1 is 1.00 bits per heavy atom. The lowest BCUT2D eigenvalue weighted by Gasteiger charge is -2.09. The van der Waals surface area contributed by atoms with Crippen LogP contribution in [0.2, 0.25) is 0 Å². The van der Waals surface area contributed by atoms with Crippen LogP contribution in [0.3, 0.4) is 0 Å². The largest absolute Gasteiger partial charge is 0.382 e. The number of hydrogen-bond donors (Lipinski definition) is 1.